The van der Waals surface area contributed by atoms with Gasteiger partial charge >= 0.3 is 6.18 Å². The van der Waals surface area contributed by atoms with Crippen LogP contribution in [0.3, 0.4) is 0 Å². The van der Waals surface area contributed by atoms with Crippen LogP contribution in [0.15, 0.2) is 24.3 Å². The van der Waals surface area contributed by atoms with Gasteiger partial charge in [-0.3, -0.25) is 0 Å². The van der Waals surface area contributed by atoms with Gasteiger partial charge in [-0.2, -0.15) is 17.5 Å². The zero-order valence-electron chi connectivity index (χ0n) is 13.8. The van der Waals surface area contributed by atoms with Crippen molar-refractivity contribution in [1.82, 2.24) is 4.31 Å². The molecule has 142 valence electrons. The molecule has 1 aliphatic heterocycles. The van der Waals surface area contributed by atoms with E-state index in [1.165, 1.54) is 6.92 Å². The number of rotatable bonds is 6. The molecule has 0 amide bonds. The van der Waals surface area contributed by atoms with Crippen LogP contribution < -0.4 is 0 Å². The molecule has 1 atom stereocenters. The van der Waals surface area contributed by atoms with Crippen LogP contribution in [0.4, 0.5) is 17.6 Å². The highest BCUT2D eigenvalue weighted by Gasteiger charge is 2.48. The molecule has 4 nitrogen and oxygen atoms in total. The second kappa shape index (κ2) is 8.01. The molecular weight excluding hydrogens is 362 g/mol. The Kier molecular flexibility index (Phi) is 6.45. The molecule has 0 spiro atoms. The lowest BCUT2D eigenvalue weighted by Gasteiger charge is -2.33. The number of ether oxygens (including phenoxy) is 1. The molecule has 0 unspecified atom stereocenters. The Hall–Kier alpha value is -1.19. The van der Waals surface area contributed by atoms with Crippen molar-refractivity contribution in [2.45, 2.75) is 32.0 Å². The number of sulfonamides is 1. The monoisotopic (exact) mass is 383 g/mol. The van der Waals surface area contributed by atoms with Gasteiger partial charge in [0.2, 0.25) is 10.0 Å². The average molecular weight is 383 g/mol. The molecule has 1 fully saturated rings. The summed E-state index contributed by atoms with van der Waals surface area (Å²) in [7, 11) is -4.15. The third kappa shape index (κ3) is 5.15. The Bertz CT molecular complexity index is 655. The predicted octanol–water partition coefficient (Wildman–Crippen LogP) is 3.51. The van der Waals surface area contributed by atoms with Gasteiger partial charge in [0.15, 0.2) is 0 Å². The molecule has 25 heavy (non-hydrogen) atoms. The van der Waals surface area contributed by atoms with Crippen molar-refractivity contribution < 1.29 is 30.7 Å². The normalized spacial score (nSPS) is 18.5. The number of nitrogens with zero attached hydrogens (tertiary/aromatic N) is 1. The fourth-order valence-corrected chi connectivity index (χ4v) is 5.09. The van der Waals surface area contributed by atoms with Crippen LogP contribution >= 0.6 is 0 Å². The zero-order valence-corrected chi connectivity index (χ0v) is 14.6. The highest BCUT2D eigenvalue weighted by molar-refractivity contribution is 7.89. The summed E-state index contributed by atoms with van der Waals surface area (Å²) in [4.78, 5) is 0. The van der Waals surface area contributed by atoms with Gasteiger partial charge in [-0.25, -0.2) is 12.8 Å². The first-order valence-corrected chi connectivity index (χ1v) is 9.65. The quantitative estimate of drug-likeness (QED) is 0.707. The van der Waals surface area contributed by atoms with Gasteiger partial charge in [0.25, 0.3) is 0 Å². The van der Waals surface area contributed by atoms with Crippen molar-refractivity contribution in [2.75, 3.05) is 25.5 Å². The molecule has 0 N–H and O–H groups in total. The van der Waals surface area contributed by atoms with E-state index in [1.807, 2.05) is 0 Å². The molecule has 0 radical (unpaired) electrons. The fourth-order valence-electron chi connectivity index (χ4n) is 3.01. The molecule has 9 heteroatoms. The molecule has 2 rings (SSSR count). The third-order valence-electron chi connectivity index (χ3n) is 4.24. The van der Waals surface area contributed by atoms with Gasteiger partial charge in [-0.1, -0.05) is 19.1 Å². The lowest BCUT2D eigenvalue weighted by atomic mass is 10.0. The smallest absolute Gasteiger partial charge is 0.381 e. The molecule has 1 aromatic carbocycles. The summed E-state index contributed by atoms with van der Waals surface area (Å²) in [6.07, 6.45) is -3.80. The van der Waals surface area contributed by atoms with E-state index < -0.39 is 28.1 Å². The standard InChI is InChI=1S/C16H21F4NO3S/c1-2-21(25(22,23)11-12-7-9-24-10-8-12)15(16(18,19)20)13-3-5-14(17)6-4-13/h3-6,12,15H,2,7-11H2,1H3/t15-/m1/s1. The van der Waals surface area contributed by atoms with Crippen molar-refractivity contribution >= 4 is 10.0 Å². The first kappa shape index (κ1) is 20.1. The van der Waals surface area contributed by atoms with Crippen LogP contribution in [0.25, 0.3) is 0 Å². The van der Waals surface area contributed by atoms with Crippen LogP contribution in [0.5, 0.6) is 0 Å². The van der Waals surface area contributed by atoms with E-state index in [2.05, 4.69) is 0 Å². The van der Waals surface area contributed by atoms with E-state index in [9.17, 15) is 26.0 Å². The summed E-state index contributed by atoms with van der Waals surface area (Å²) >= 11 is 0. The van der Waals surface area contributed by atoms with Crippen LogP contribution in [-0.4, -0.2) is 44.4 Å². The van der Waals surface area contributed by atoms with Gasteiger partial charge in [-0.05, 0) is 36.5 Å². The van der Waals surface area contributed by atoms with Crippen molar-refractivity contribution in [1.29, 1.82) is 0 Å². The van der Waals surface area contributed by atoms with Crippen molar-refractivity contribution in [3.8, 4) is 0 Å². The number of hydrogen-bond acceptors (Lipinski definition) is 3. The van der Waals surface area contributed by atoms with E-state index in [1.54, 1.807) is 0 Å². The van der Waals surface area contributed by atoms with Crippen LogP contribution in [-0.2, 0) is 14.8 Å². The minimum atomic E-state index is -4.81. The topological polar surface area (TPSA) is 46.6 Å². The maximum atomic E-state index is 13.6. The maximum absolute atomic E-state index is 13.6. The van der Waals surface area contributed by atoms with Crippen LogP contribution in [0.2, 0.25) is 0 Å². The Balaban J connectivity index is 2.33. The van der Waals surface area contributed by atoms with Gasteiger partial charge in [0, 0.05) is 19.8 Å². The third-order valence-corrected chi connectivity index (χ3v) is 6.32. The minimum Gasteiger partial charge on any atom is -0.381 e. The summed E-state index contributed by atoms with van der Waals surface area (Å²) in [5.74, 6) is -1.26. The summed E-state index contributed by atoms with van der Waals surface area (Å²) in [5.41, 5.74) is -0.300. The number of halogens is 4. The number of benzene rings is 1. The van der Waals surface area contributed by atoms with E-state index in [0.29, 0.717) is 30.4 Å². The second-order valence-corrected chi connectivity index (χ2v) is 8.00. The zero-order chi connectivity index (χ0) is 18.7. The SMILES string of the molecule is CCN([C@H](c1ccc(F)cc1)C(F)(F)F)S(=O)(=O)CC1CCOCC1. The molecule has 1 aromatic rings. The summed E-state index contributed by atoms with van der Waals surface area (Å²) in [5, 5.41) is 0. The van der Waals surface area contributed by atoms with E-state index in [0.717, 1.165) is 24.3 Å². The molecule has 0 aliphatic carbocycles. The molecule has 0 bridgehead atoms. The first-order chi connectivity index (χ1) is 11.6. The molecular formula is C16H21F4NO3S. The van der Waals surface area contributed by atoms with Gasteiger partial charge in [0.05, 0.1) is 5.75 Å². The summed E-state index contributed by atoms with van der Waals surface area (Å²) < 4.78 is 84.9. The van der Waals surface area contributed by atoms with Crippen molar-refractivity contribution in [3.05, 3.63) is 35.6 Å². The van der Waals surface area contributed by atoms with E-state index in [4.69, 9.17) is 4.74 Å². The molecule has 0 aromatic heterocycles. The van der Waals surface area contributed by atoms with Crippen LogP contribution in [0.1, 0.15) is 31.4 Å². The largest absolute Gasteiger partial charge is 0.409 e. The molecule has 1 aliphatic rings. The van der Waals surface area contributed by atoms with E-state index >= 15 is 0 Å². The summed E-state index contributed by atoms with van der Waals surface area (Å²) in [6, 6.07) is 1.41. The summed E-state index contributed by atoms with van der Waals surface area (Å²) in [6.45, 7) is 1.86. The van der Waals surface area contributed by atoms with Crippen LogP contribution in [0, 0.1) is 11.7 Å². The average Bonchev–Trinajstić information content (AvgIpc) is 2.53. The Morgan fingerprint density at radius 1 is 1.20 bits per heavy atom. The Labute approximate surface area is 144 Å². The number of hydrogen-bond donors (Lipinski definition) is 0. The Morgan fingerprint density at radius 2 is 1.76 bits per heavy atom. The molecule has 1 saturated heterocycles. The van der Waals surface area contributed by atoms with Gasteiger partial charge in [0.1, 0.15) is 11.9 Å². The van der Waals surface area contributed by atoms with Gasteiger partial charge in [-0.15, -0.1) is 0 Å². The second-order valence-electron chi connectivity index (χ2n) is 6.03. The molecule has 1 heterocycles. The van der Waals surface area contributed by atoms with E-state index in [-0.39, 0.29) is 23.8 Å². The Morgan fingerprint density at radius 3 is 2.24 bits per heavy atom. The molecule has 0 saturated carbocycles. The number of alkyl halides is 3. The first-order valence-electron chi connectivity index (χ1n) is 8.04. The maximum Gasteiger partial charge on any atom is 0.409 e. The van der Waals surface area contributed by atoms with Gasteiger partial charge < -0.3 is 4.74 Å². The highest BCUT2D eigenvalue weighted by atomic mass is 32.2. The minimum absolute atomic E-state index is 0.227. The fraction of sp³-hybridized carbons (Fsp3) is 0.625. The highest BCUT2D eigenvalue weighted by Crippen LogP contribution is 2.39. The lowest BCUT2D eigenvalue weighted by Crippen LogP contribution is -2.44. The van der Waals surface area contributed by atoms with Crippen molar-refractivity contribution in [3.63, 3.8) is 0 Å². The lowest BCUT2D eigenvalue weighted by molar-refractivity contribution is -0.173. The predicted molar refractivity (Wildman–Crippen MR) is 84.9 cm³/mol. The van der Waals surface area contributed by atoms with Crippen molar-refractivity contribution in [2.24, 2.45) is 5.92 Å².